The number of likely N-dealkylation sites (tertiary alicyclic amines) is 1. The Bertz CT molecular complexity index is 886. The largest absolute Gasteiger partial charge is 0.342 e. The van der Waals surface area contributed by atoms with Crippen LogP contribution >= 0.6 is 23.1 Å². The molecule has 1 saturated heterocycles. The third kappa shape index (κ3) is 3.48. The Labute approximate surface area is 160 Å². The van der Waals surface area contributed by atoms with Crippen LogP contribution in [0.3, 0.4) is 0 Å². The van der Waals surface area contributed by atoms with E-state index in [1.54, 1.807) is 15.9 Å². The number of rotatable bonds is 5. The number of fused-ring (bicyclic) bond motifs is 1. The van der Waals surface area contributed by atoms with Gasteiger partial charge < -0.3 is 4.90 Å². The molecular formula is C18H21N5OS2. The van der Waals surface area contributed by atoms with Gasteiger partial charge in [0.25, 0.3) is 0 Å². The molecule has 1 aliphatic heterocycles. The van der Waals surface area contributed by atoms with Gasteiger partial charge >= 0.3 is 0 Å². The minimum atomic E-state index is -0.0975. The molecule has 4 rings (SSSR count). The van der Waals surface area contributed by atoms with Crippen LogP contribution in [0.1, 0.15) is 32.6 Å². The number of amides is 1. The molecule has 0 aliphatic carbocycles. The van der Waals surface area contributed by atoms with Gasteiger partial charge in [-0.15, -0.1) is 21.5 Å². The van der Waals surface area contributed by atoms with E-state index in [0.717, 1.165) is 48.1 Å². The van der Waals surface area contributed by atoms with Gasteiger partial charge in [0.05, 0.1) is 10.1 Å². The lowest BCUT2D eigenvalue weighted by Gasteiger charge is -2.29. The summed E-state index contributed by atoms with van der Waals surface area (Å²) in [4.78, 5) is 15.9. The number of aromatic nitrogens is 4. The van der Waals surface area contributed by atoms with Gasteiger partial charge in [-0.05, 0) is 49.3 Å². The van der Waals surface area contributed by atoms with E-state index >= 15 is 0 Å². The summed E-state index contributed by atoms with van der Waals surface area (Å²) in [6.45, 7) is 3.83. The number of carbonyl (C=O) groups excluding carboxylic acids is 1. The fourth-order valence-electron chi connectivity index (χ4n) is 3.17. The van der Waals surface area contributed by atoms with Crippen molar-refractivity contribution in [2.45, 2.75) is 42.9 Å². The van der Waals surface area contributed by atoms with Crippen LogP contribution in [0.5, 0.6) is 0 Å². The van der Waals surface area contributed by atoms with Crippen molar-refractivity contribution in [2.75, 3.05) is 13.1 Å². The Kier molecular flexibility index (Phi) is 5.21. The van der Waals surface area contributed by atoms with Crippen LogP contribution in [0.4, 0.5) is 0 Å². The van der Waals surface area contributed by atoms with Crippen molar-refractivity contribution in [3.05, 3.63) is 29.6 Å². The van der Waals surface area contributed by atoms with Gasteiger partial charge in [-0.3, -0.25) is 4.79 Å². The van der Waals surface area contributed by atoms with Gasteiger partial charge in [0.1, 0.15) is 5.03 Å². The molecule has 6 nitrogen and oxygen atoms in total. The first-order chi connectivity index (χ1) is 12.8. The van der Waals surface area contributed by atoms with Gasteiger partial charge in [-0.2, -0.15) is 9.61 Å². The van der Waals surface area contributed by atoms with Crippen LogP contribution in [0, 0.1) is 0 Å². The normalized spacial score (nSPS) is 16.1. The molecule has 0 radical (unpaired) electrons. The highest BCUT2D eigenvalue weighted by molar-refractivity contribution is 8.00. The first-order valence-corrected chi connectivity index (χ1v) is 10.7. The van der Waals surface area contributed by atoms with Crippen LogP contribution in [0.2, 0.25) is 0 Å². The second-order valence-electron chi connectivity index (χ2n) is 6.34. The zero-order valence-corrected chi connectivity index (χ0v) is 16.3. The van der Waals surface area contributed by atoms with Crippen molar-refractivity contribution >= 4 is 34.7 Å². The number of nitrogens with zero attached hydrogens (tertiary/aromatic N) is 5. The molecule has 1 unspecified atom stereocenters. The fraction of sp³-hybridized carbons (Fsp3) is 0.444. The van der Waals surface area contributed by atoms with Crippen molar-refractivity contribution in [3.63, 3.8) is 0 Å². The van der Waals surface area contributed by atoms with Crippen molar-refractivity contribution in [1.29, 1.82) is 0 Å². The summed E-state index contributed by atoms with van der Waals surface area (Å²) in [6, 6.07) is 7.85. The molecule has 0 bridgehead atoms. The van der Waals surface area contributed by atoms with Gasteiger partial charge in [0.15, 0.2) is 11.5 Å². The van der Waals surface area contributed by atoms with Crippen LogP contribution in [-0.2, 0) is 4.79 Å². The molecule has 8 heteroatoms. The first-order valence-electron chi connectivity index (χ1n) is 8.98. The molecular weight excluding hydrogens is 366 g/mol. The number of thioether (sulfide) groups is 1. The average Bonchev–Trinajstić information content (AvgIpc) is 3.35. The summed E-state index contributed by atoms with van der Waals surface area (Å²) in [5.74, 6) is 0.981. The molecule has 0 aromatic carbocycles. The van der Waals surface area contributed by atoms with Crippen LogP contribution in [-0.4, -0.2) is 49.0 Å². The van der Waals surface area contributed by atoms with Crippen LogP contribution < -0.4 is 0 Å². The third-order valence-corrected chi connectivity index (χ3v) is 6.70. The molecule has 26 heavy (non-hydrogen) atoms. The highest BCUT2D eigenvalue weighted by Crippen LogP contribution is 2.28. The molecule has 0 spiro atoms. The van der Waals surface area contributed by atoms with Crippen LogP contribution in [0.15, 0.2) is 34.7 Å². The molecule has 0 N–H and O–H groups in total. The second-order valence-corrected chi connectivity index (χ2v) is 8.51. The summed E-state index contributed by atoms with van der Waals surface area (Å²) < 4.78 is 1.77. The molecule has 1 atom stereocenters. The molecule has 136 valence electrons. The number of hydrogen-bond donors (Lipinski definition) is 0. The number of piperidine rings is 1. The molecule has 1 aliphatic rings. The lowest BCUT2D eigenvalue weighted by molar-refractivity contribution is -0.131. The van der Waals surface area contributed by atoms with E-state index in [0.29, 0.717) is 5.65 Å². The average molecular weight is 388 g/mol. The number of hydrogen-bond acceptors (Lipinski definition) is 6. The summed E-state index contributed by atoms with van der Waals surface area (Å²) in [5.41, 5.74) is 0.716. The Morgan fingerprint density at radius 2 is 2.08 bits per heavy atom. The Morgan fingerprint density at radius 1 is 1.23 bits per heavy atom. The summed E-state index contributed by atoms with van der Waals surface area (Å²) in [5, 5.41) is 15.9. The zero-order valence-electron chi connectivity index (χ0n) is 14.7. The second kappa shape index (κ2) is 7.75. The highest BCUT2D eigenvalue weighted by Gasteiger charge is 2.26. The smallest absolute Gasteiger partial charge is 0.236 e. The SMILES string of the molecule is CCC(Sc1ccc2nnc(-c3cccs3)n2n1)C(=O)N1CCCCC1. The molecule has 0 saturated carbocycles. The van der Waals surface area contributed by atoms with E-state index in [1.165, 1.54) is 18.2 Å². The summed E-state index contributed by atoms with van der Waals surface area (Å²) >= 11 is 3.15. The van der Waals surface area contributed by atoms with E-state index in [1.807, 2.05) is 34.5 Å². The Hall–Kier alpha value is -1.93. The van der Waals surface area contributed by atoms with E-state index in [4.69, 9.17) is 5.10 Å². The van der Waals surface area contributed by atoms with E-state index in [-0.39, 0.29) is 11.2 Å². The lowest BCUT2D eigenvalue weighted by Crippen LogP contribution is -2.40. The zero-order chi connectivity index (χ0) is 17.9. The number of carbonyl (C=O) groups is 1. The summed E-state index contributed by atoms with van der Waals surface area (Å²) in [7, 11) is 0. The predicted octanol–water partition coefficient (Wildman–Crippen LogP) is 3.74. The van der Waals surface area contributed by atoms with Gasteiger partial charge in [-0.1, -0.05) is 24.8 Å². The molecule has 1 fully saturated rings. The number of thiophene rings is 1. The van der Waals surface area contributed by atoms with Crippen molar-refractivity contribution in [3.8, 4) is 10.7 Å². The van der Waals surface area contributed by atoms with E-state index < -0.39 is 0 Å². The van der Waals surface area contributed by atoms with Gasteiger partial charge in [0, 0.05) is 13.1 Å². The molecule has 3 aromatic heterocycles. The maximum absolute atomic E-state index is 12.8. The maximum Gasteiger partial charge on any atom is 0.236 e. The summed E-state index contributed by atoms with van der Waals surface area (Å²) in [6.07, 6.45) is 4.24. The van der Waals surface area contributed by atoms with E-state index in [2.05, 4.69) is 17.1 Å². The fourth-order valence-corrected chi connectivity index (χ4v) is 4.84. The quantitative estimate of drug-likeness (QED) is 0.624. The predicted molar refractivity (Wildman–Crippen MR) is 104 cm³/mol. The van der Waals surface area contributed by atoms with E-state index in [9.17, 15) is 4.79 Å². The first kappa shape index (κ1) is 17.5. The Balaban J connectivity index is 1.57. The molecule has 1 amide bonds. The van der Waals surface area contributed by atoms with Gasteiger partial charge in [-0.25, -0.2) is 0 Å². The van der Waals surface area contributed by atoms with Gasteiger partial charge in [0.2, 0.25) is 5.91 Å². The van der Waals surface area contributed by atoms with Crippen molar-refractivity contribution < 1.29 is 4.79 Å². The Morgan fingerprint density at radius 3 is 2.81 bits per heavy atom. The monoisotopic (exact) mass is 387 g/mol. The lowest BCUT2D eigenvalue weighted by atomic mass is 10.1. The third-order valence-electron chi connectivity index (χ3n) is 4.56. The van der Waals surface area contributed by atoms with Crippen LogP contribution in [0.25, 0.3) is 16.3 Å². The molecule has 3 aromatic rings. The van der Waals surface area contributed by atoms with Crippen molar-refractivity contribution in [2.24, 2.45) is 0 Å². The standard InChI is InChI=1S/C18H21N5OS2/c1-2-13(18(24)22-10-4-3-5-11-22)26-16-9-8-15-19-20-17(23(15)21-16)14-7-6-12-25-14/h6-9,12-13H,2-5,10-11H2,1H3. The topological polar surface area (TPSA) is 63.4 Å². The minimum Gasteiger partial charge on any atom is -0.342 e. The van der Waals surface area contributed by atoms with Crippen molar-refractivity contribution in [1.82, 2.24) is 24.7 Å². The maximum atomic E-state index is 12.8. The minimum absolute atomic E-state index is 0.0975. The molecule has 4 heterocycles. The highest BCUT2D eigenvalue weighted by atomic mass is 32.2.